The fourth-order valence-corrected chi connectivity index (χ4v) is 15.9. The topological polar surface area (TPSA) is 23.8 Å². The van der Waals surface area contributed by atoms with Crippen molar-refractivity contribution in [1.29, 1.82) is 5.26 Å². The minimum Gasteiger partial charge on any atom is 0 e. The van der Waals surface area contributed by atoms with E-state index in [-0.39, 0.29) is 32.9 Å². The number of hydrogen-bond donors (Lipinski definition) is 0. The first kappa shape index (κ1) is 42.3. The van der Waals surface area contributed by atoms with Gasteiger partial charge in [-0.2, -0.15) is 35.6 Å². The van der Waals surface area contributed by atoms with Crippen LogP contribution in [0.5, 0.6) is 0 Å². The van der Waals surface area contributed by atoms with Crippen LogP contribution in [0.3, 0.4) is 0 Å². The Bertz CT molecular complexity index is 1140. The molecule has 0 heterocycles. The van der Waals surface area contributed by atoms with Gasteiger partial charge in [-0.15, -0.1) is 0 Å². The van der Waals surface area contributed by atoms with Crippen molar-refractivity contribution in [2.75, 3.05) is 0 Å². The van der Waals surface area contributed by atoms with E-state index >= 15 is 0 Å². The van der Waals surface area contributed by atoms with Crippen molar-refractivity contribution in [2.45, 2.75) is 121 Å². The SMILES string of the molecule is C1CCCC1.CC(C1CCCC1P(c1ccccc1)c1ccccc1)P(C(C)(C)C)C(C)(C)C.N#Cc1cc[c-]cc1.[Cl][Ni].[Fe]. The van der Waals surface area contributed by atoms with E-state index in [9.17, 15) is 0 Å². The van der Waals surface area contributed by atoms with Gasteiger partial charge >= 0.3 is 24.8 Å². The molecule has 2 aliphatic carbocycles. The Labute approximate surface area is 301 Å². The predicted octanol–water partition coefficient (Wildman–Crippen LogP) is 11.7. The number of nitriles is 1. The molecule has 1 nitrogen and oxygen atoms in total. The van der Waals surface area contributed by atoms with Crippen LogP contribution in [0, 0.1) is 23.3 Å². The zero-order chi connectivity index (χ0) is 32.6. The molecule has 0 aromatic heterocycles. The third-order valence-electron chi connectivity index (χ3n) is 8.50. The molecule has 6 heteroatoms. The van der Waals surface area contributed by atoms with Crippen LogP contribution in [0.4, 0.5) is 0 Å². The molecule has 0 aliphatic heterocycles. The van der Waals surface area contributed by atoms with E-state index in [1.54, 1.807) is 34.9 Å². The van der Waals surface area contributed by atoms with E-state index in [1.165, 1.54) is 51.4 Å². The molecule has 3 aromatic carbocycles. The Morgan fingerprint density at radius 2 is 1.16 bits per heavy atom. The first-order valence-electron chi connectivity index (χ1n) is 16.2. The van der Waals surface area contributed by atoms with Gasteiger partial charge in [0, 0.05) is 17.1 Å². The average molecular weight is 749 g/mol. The molecule has 3 atom stereocenters. The van der Waals surface area contributed by atoms with E-state index in [2.05, 4.69) is 140 Å². The van der Waals surface area contributed by atoms with Crippen LogP contribution in [-0.2, 0) is 31.6 Å². The zero-order valence-corrected chi connectivity index (χ0v) is 33.0. The van der Waals surface area contributed by atoms with Gasteiger partial charge in [0.15, 0.2) is 0 Å². The van der Waals surface area contributed by atoms with Gasteiger partial charge in [0.2, 0.25) is 0 Å². The molecule has 0 bridgehead atoms. The maximum atomic E-state index is 8.27. The molecule has 0 N–H and O–H groups in total. The van der Waals surface area contributed by atoms with Crippen molar-refractivity contribution in [3.8, 4) is 6.07 Å². The summed E-state index contributed by atoms with van der Waals surface area (Å²) in [6.07, 6.45) is 11.7. The second kappa shape index (κ2) is 22.0. The van der Waals surface area contributed by atoms with Gasteiger partial charge in [-0.1, -0.05) is 161 Å². The van der Waals surface area contributed by atoms with Crippen molar-refractivity contribution in [3.63, 3.8) is 0 Å². The first-order chi connectivity index (χ1) is 21.0. The molecule has 3 aromatic rings. The van der Waals surface area contributed by atoms with E-state index in [4.69, 9.17) is 5.26 Å². The van der Waals surface area contributed by atoms with Gasteiger partial charge in [-0.25, -0.2) is 0 Å². The number of rotatable bonds is 5. The van der Waals surface area contributed by atoms with Gasteiger partial charge in [0.05, 0.1) is 6.07 Å². The summed E-state index contributed by atoms with van der Waals surface area (Å²) in [4.78, 5) is 0. The second-order valence-electron chi connectivity index (χ2n) is 13.8. The second-order valence-corrected chi connectivity index (χ2v) is 20.5. The van der Waals surface area contributed by atoms with Crippen LogP contribution in [0.25, 0.3) is 0 Å². The molecule has 5 rings (SSSR count). The molecular weight excluding hydrogens is 694 g/mol. The smallest absolute Gasteiger partial charge is 0 e. The van der Waals surface area contributed by atoms with Gasteiger partial charge in [0.1, 0.15) is 0 Å². The molecule has 2 saturated carbocycles. The molecule has 3 unspecified atom stereocenters. The monoisotopic (exact) mass is 747 g/mol. The predicted molar refractivity (Wildman–Crippen MR) is 195 cm³/mol. The van der Waals surface area contributed by atoms with Crippen molar-refractivity contribution in [1.82, 2.24) is 0 Å². The van der Waals surface area contributed by atoms with Crippen molar-refractivity contribution < 1.29 is 31.6 Å². The Balaban J connectivity index is 0.000000518. The number of benzene rings is 3. The standard InChI is InChI=1S/C27H40P2.C7H4N.C5H10.ClH.Fe.Ni/c1-21(29(26(2,3)4)27(5,6)7)24-19-14-20-25(24)28(22-15-10-8-11-16-22)23-17-12-9-13-18-23;8-6-7-4-2-1-3-5-7;1-2-4-5-3-1;;;/h8-13,15-18,21,24-25H,14,19-20H2,1-7H3;2-5H;1-5H2;1H;;/q;-1;;;;+1/p-1. The minimum absolute atomic E-state index is 0. The average Bonchev–Trinajstić information content (AvgIpc) is 3.75. The summed E-state index contributed by atoms with van der Waals surface area (Å²) in [5, 5.41) is 12.2. The van der Waals surface area contributed by atoms with Crippen molar-refractivity contribution in [2.24, 2.45) is 5.92 Å². The van der Waals surface area contributed by atoms with Crippen LogP contribution in [0.2, 0.25) is 0 Å². The molecule has 2 aliphatic rings. The molecule has 251 valence electrons. The number of nitrogens with zero attached hydrogens (tertiary/aromatic N) is 1. The van der Waals surface area contributed by atoms with E-state index in [1.807, 2.05) is 6.07 Å². The van der Waals surface area contributed by atoms with Gasteiger partial charge < -0.3 is 0 Å². The minimum atomic E-state index is -0.310. The molecule has 45 heavy (non-hydrogen) atoms. The molecular formula is C39H54ClFeNNiP2-. The normalized spacial score (nSPS) is 18.2. The quantitative estimate of drug-likeness (QED) is 0.145. The van der Waals surface area contributed by atoms with Crippen molar-refractivity contribution in [3.05, 3.63) is 96.6 Å². The summed E-state index contributed by atoms with van der Waals surface area (Å²) in [5.41, 5.74) is 2.29. The molecule has 0 amide bonds. The molecule has 0 spiro atoms. The Kier molecular flexibility index (Phi) is 20.7. The van der Waals surface area contributed by atoms with Crippen molar-refractivity contribution >= 4 is 36.6 Å². The van der Waals surface area contributed by atoms with Gasteiger partial charge in [-0.05, 0) is 58.9 Å². The maximum Gasteiger partial charge on any atom is 0 e. The van der Waals surface area contributed by atoms with Gasteiger partial charge in [0.25, 0.3) is 0 Å². The van der Waals surface area contributed by atoms with Crippen LogP contribution >= 0.6 is 26.0 Å². The third-order valence-corrected chi connectivity index (χ3v) is 15.6. The van der Waals surface area contributed by atoms with Gasteiger partial charge in [-0.3, -0.25) is 0 Å². The Hall–Kier alpha value is -0.687. The van der Waals surface area contributed by atoms with Crippen LogP contribution < -0.4 is 10.6 Å². The summed E-state index contributed by atoms with van der Waals surface area (Å²) in [6.45, 7) is 17.5. The van der Waals surface area contributed by atoms with E-state index < -0.39 is 0 Å². The zero-order valence-electron chi connectivity index (χ0n) is 28.4. The fourth-order valence-electron chi connectivity index (χ4n) is 7.33. The summed E-state index contributed by atoms with van der Waals surface area (Å²) in [7, 11) is 3.86. The summed E-state index contributed by atoms with van der Waals surface area (Å²) in [5.74, 6) is 0.839. The third kappa shape index (κ3) is 14.1. The molecule has 0 radical (unpaired) electrons. The molecule has 2 fully saturated rings. The van der Waals surface area contributed by atoms with E-state index in [0.29, 0.717) is 15.9 Å². The first-order valence-corrected chi connectivity index (χ1v) is 20.4. The van der Waals surface area contributed by atoms with E-state index in [0.717, 1.165) is 17.2 Å². The maximum absolute atomic E-state index is 8.27. The number of halogens is 1. The number of hydrogen-bond acceptors (Lipinski definition) is 1. The van der Waals surface area contributed by atoms with Crippen LogP contribution in [0.1, 0.15) is 105 Å². The summed E-state index contributed by atoms with van der Waals surface area (Å²) < 4.78 is 0. The Morgan fingerprint density at radius 1 is 0.733 bits per heavy atom. The van der Waals surface area contributed by atoms with Crippen LogP contribution in [0.15, 0.2) is 84.9 Å². The summed E-state index contributed by atoms with van der Waals surface area (Å²) in [6, 6.07) is 34.5. The fraction of sp³-hybridized carbons (Fsp3) is 0.513. The molecule has 0 saturated heterocycles. The largest absolute Gasteiger partial charge is 0 e. The summed E-state index contributed by atoms with van der Waals surface area (Å²) >= 11 is 3.35. The van der Waals surface area contributed by atoms with Crippen LogP contribution in [-0.4, -0.2) is 21.6 Å². The Morgan fingerprint density at radius 3 is 1.51 bits per heavy atom.